The predicted octanol–water partition coefficient (Wildman–Crippen LogP) is 3.86. The molecule has 2 nitrogen and oxygen atoms in total. The van der Waals surface area contributed by atoms with E-state index in [1.807, 2.05) is 6.07 Å². The van der Waals surface area contributed by atoms with E-state index in [0.717, 1.165) is 38.2 Å². The summed E-state index contributed by atoms with van der Waals surface area (Å²) in [4.78, 5) is 2.49. The van der Waals surface area contributed by atoms with E-state index in [1.54, 1.807) is 6.07 Å². The van der Waals surface area contributed by atoms with Crippen molar-refractivity contribution >= 4 is 11.6 Å². The van der Waals surface area contributed by atoms with Crippen LogP contribution in [-0.4, -0.2) is 31.1 Å². The van der Waals surface area contributed by atoms with Gasteiger partial charge < -0.3 is 5.32 Å². The molecule has 1 aliphatic heterocycles. The van der Waals surface area contributed by atoms with Gasteiger partial charge in [-0.2, -0.15) is 0 Å². The van der Waals surface area contributed by atoms with Gasteiger partial charge in [-0.25, -0.2) is 4.39 Å². The Balaban J connectivity index is 2.17. The molecule has 0 spiro atoms. The van der Waals surface area contributed by atoms with Crippen molar-refractivity contribution in [2.75, 3.05) is 26.2 Å². The largest absolute Gasteiger partial charge is 0.314 e. The van der Waals surface area contributed by atoms with Gasteiger partial charge in [-0.05, 0) is 36.5 Å². The van der Waals surface area contributed by atoms with Crippen LogP contribution in [0, 0.1) is 11.7 Å². The molecule has 0 aromatic heterocycles. The summed E-state index contributed by atoms with van der Waals surface area (Å²) in [6.07, 6.45) is 2.27. The average Bonchev–Trinajstić information content (AvgIpc) is 2.44. The molecule has 1 N–H and O–H groups in total. The maximum atomic E-state index is 13.4. The third kappa shape index (κ3) is 4.18. The van der Waals surface area contributed by atoms with Crippen molar-refractivity contribution in [3.8, 4) is 0 Å². The van der Waals surface area contributed by atoms with Crippen molar-refractivity contribution in [3.63, 3.8) is 0 Å². The maximum Gasteiger partial charge on any atom is 0.141 e. The third-order valence-electron chi connectivity index (χ3n) is 3.94. The van der Waals surface area contributed by atoms with Crippen molar-refractivity contribution in [2.45, 2.75) is 32.7 Å². The van der Waals surface area contributed by atoms with Gasteiger partial charge in [0, 0.05) is 32.2 Å². The summed E-state index contributed by atoms with van der Waals surface area (Å²) >= 11 is 5.95. The average molecular weight is 299 g/mol. The van der Waals surface area contributed by atoms with Crippen molar-refractivity contribution in [1.29, 1.82) is 0 Å². The summed E-state index contributed by atoms with van der Waals surface area (Å²) < 4.78 is 13.4. The number of halogens is 2. The highest BCUT2D eigenvalue weighted by Crippen LogP contribution is 2.30. The zero-order chi connectivity index (χ0) is 14.5. The van der Waals surface area contributed by atoms with Crippen LogP contribution in [0.25, 0.3) is 0 Å². The van der Waals surface area contributed by atoms with Gasteiger partial charge in [-0.3, -0.25) is 4.90 Å². The number of hydrogen-bond donors (Lipinski definition) is 1. The quantitative estimate of drug-likeness (QED) is 0.888. The minimum Gasteiger partial charge on any atom is -0.314 e. The smallest absolute Gasteiger partial charge is 0.141 e. The van der Waals surface area contributed by atoms with Crippen LogP contribution >= 0.6 is 11.6 Å². The number of piperazine rings is 1. The van der Waals surface area contributed by atoms with Crippen molar-refractivity contribution in [1.82, 2.24) is 10.2 Å². The van der Waals surface area contributed by atoms with Gasteiger partial charge in [0.25, 0.3) is 0 Å². The van der Waals surface area contributed by atoms with Crippen molar-refractivity contribution in [2.24, 2.45) is 5.92 Å². The second-order valence-corrected chi connectivity index (χ2v) is 6.35. The van der Waals surface area contributed by atoms with Gasteiger partial charge in [0.05, 0.1) is 5.02 Å². The predicted molar refractivity (Wildman–Crippen MR) is 82.7 cm³/mol. The molecule has 0 saturated carbocycles. The molecule has 1 atom stereocenters. The molecular weight excluding hydrogens is 275 g/mol. The second kappa shape index (κ2) is 7.39. The molecule has 0 bridgehead atoms. The van der Waals surface area contributed by atoms with E-state index in [4.69, 9.17) is 11.6 Å². The lowest BCUT2D eigenvalue weighted by molar-refractivity contribution is 0.159. The number of rotatable bonds is 5. The van der Waals surface area contributed by atoms with Gasteiger partial charge in [0.1, 0.15) is 5.82 Å². The van der Waals surface area contributed by atoms with Crippen LogP contribution in [0.1, 0.15) is 38.3 Å². The summed E-state index contributed by atoms with van der Waals surface area (Å²) in [6.45, 7) is 8.61. The Morgan fingerprint density at radius 1 is 1.25 bits per heavy atom. The minimum atomic E-state index is -0.335. The van der Waals surface area contributed by atoms with Crippen LogP contribution in [0.15, 0.2) is 18.2 Å². The zero-order valence-corrected chi connectivity index (χ0v) is 13.1. The topological polar surface area (TPSA) is 15.3 Å². The van der Waals surface area contributed by atoms with Gasteiger partial charge >= 0.3 is 0 Å². The standard InChI is InChI=1S/C16H24ClFN2/c1-12(2)3-6-16(20-9-7-19-8-10-20)13-4-5-15(18)14(17)11-13/h4-5,11-12,16,19H,3,6-10H2,1-2H3/t16-/m1/s1. The molecule has 1 fully saturated rings. The number of benzene rings is 1. The summed E-state index contributed by atoms with van der Waals surface area (Å²) in [7, 11) is 0. The molecule has 2 rings (SSSR count). The van der Waals surface area contributed by atoms with Crippen LogP contribution in [0.3, 0.4) is 0 Å². The Bertz CT molecular complexity index is 430. The van der Waals surface area contributed by atoms with Crippen LogP contribution in [0.2, 0.25) is 5.02 Å². The fourth-order valence-electron chi connectivity index (χ4n) is 2.76. The molecule has 4 heteroatoms. The Kier molecular flexibility index (Phi) is 5.82. The summed E-state index contributed by atoms with van der Waals surface area (Å²) in [6, 6.07) is 5.51. The summed E-state index contributed by atoms with van der Waals surface area (Å²) in [5.41, 5.74) is 1.14. The Morgan fingerprint density at radius 3 is 2.55 bits per heavy atom. The fourth-order valence-corrected chi connectivity index (χ4v) is 2.95. The van der Waals surface area contributed by atoms with E-state index in [2.05, 4.69) is 24.1 Å². The first kappa shape index (κ1) is 15.7. The van der Waals surface area contributed by atoms with E-state index in [-0.39, 0.29) is 10.8 Å². The zero-order valence-electron chi connectivity index (χ0n) is 12.3. The molecule has 1 aliphatic rings. The normalized spacial score (nSPS) is 18.4. The van der Waals surface area contributed by atoms with E-state index in [1.165, 1.54) is 12.5 Å². The van der Waals surface area contributed by atoms with Crippen molar-refractivity contribution in [3.05, 3.63) is 34.6 Å². The van der Waals surface area contributed by atoms with E-state index in [0.29, 0.717) is 12.0 Å². The molecule has 1 aromatic carbocycles. The van der Waals surface area contributed by atoms with Crippen LogP contribution < -0.4 is 5.32 Å². The first-order chi connectivity index (χ1) is 9.58. The lowest BCUT2D eigenvalue weighted by Gasteiger charge is -2.35. The number of hydrogen-bond acceptors (Lipinski definition) is 2. The number of nitrogens with zero attached hydrogens (tertiary/aromatic N) is 1. The monoisotopic (exact) mass is 298 g/mol. The molecule has 20 heavy (non-hydrogen) atoms. The molecule has 1 saturated heterocycles. The minimum absolute atomic E-state index is 0.229. The van der Waals surface area contributed by atoms with E-state index >= 15 is 0 Å². The molecular formula is C16H24ClFN2. The Labute approximate surface area is 126 Å². The second-order valence-electron chi connectivity index (χ2n) is 5.95. The summed E-state index contributed by atoms with van der Waals surface area (Å²) in [5, 5.41) is 3.61. The third-order valence-corrected chi connectivity index (χ3v) is 4.23. The molecule has 1 heterocycles. The SMILES string of the molecule is CC(C)CC[C@H](c1ccc(F)c(Cl)c1)N1CCNCC1. The lowest BCUT2D eigenvalue weighted by Crippen LogP contribution is -2.45. The molecule has 0 unspecified atom stereocenters. The van der Waals surface area contributed by atoms with Gasteiger partial charge in [-0.15, -0.1) is 0 Å². The highest BCUT2D eigenvalue weighted by molar-refractivity contribution is 6.30. The fraction of sp³-hybridized carbons (Fsp3) is 0.625. The molecule has 0 radical (unpaired) electrons. The molecule has 1 aromatic rings. The van der Waals surface area contributed by atoms with Crippen LogP contribution in [-0.2, 0) is 0 Å². The first-order valence-electron chi connectivity index (χ1n) is 7.47. The van der Waals surface area contributed by atoms with Gasteiger partial charge in [0.2, 0.25) is 0 Å². The first-order valence-corrected chi connectivity index (χ1v) is 7.85. The number of nitrogens with one attached hydrogen (secondary N) is 1. The van der Waals surface area contributed by atoms with Gasteiger partial charge in [-0.1, -0.05) is 31.5 Å². The summed E-state index contributed by atoms with van der Waals surface area (Å²) in [5.74, 6) is 0.342. The van der Waals surface area contributed by atoms with Crippen LogP contribution in [0.5, 0.6) is 0 Å². The maximum absolute atomic E-state index is 13.4. The molecule has 0 aliphatic carbocycles. The lowest BCUT2D eigenvalue weighted by atomic mass is 9.95. The molecule has 0 amide bonds. The van der Waals surface area contributed by atoms with Crippen molar-refractivity contribution < 1.29 is 4.39 Å². The van der Waals surface area contributed by atoms with Gasteiger partial charge in [0.15, 0.2) is 0 Å². The molecule has 112 valence electrons. The Morgan fingerprint density at radius 2 is 1.95 bits per heavy atom. The van der Waals surface area contributed by atoms with E-state index < -0.39 is 0 Å². The highest BCUT2D eigenvalue weighted by atomic mass is 35.5. The van der Waals surface area contributed by atoms with Crippen LogP contribution in [0.4, 0.5) is 4.39 Å². The van der Waals surface area contributed by atoms with E-state index in [9.17, 15) is 4.39 Å². The Hall–Kier alpha value is -0.640. The highest BCUT2D eigenvalue weighted by Gasteiger charge is 2.22.